The first-order chi connectivity index (χ1) is 8.26. The molecule has 0 heterocycles. The molecule has 0 fully saturated rings. The molecule has 0 aliphatic heterocycles. The average Bonchev–Trinajstić information content (AvgIpc) is 2.30. The van der Waals surface area contributed by atoms with Gasteiger partial charge in [-0.1, -0.05) is 34.1 Å². The van der Waals surface area contributed by atoms with Crippen molar-refractivity contribution >= 4 is 15.9 Å². The molecular weight excluding hydrogens is 278 g/mol. The molecule has 0 atom stereocenters. The van der Waals surface area contributed by atoms with Gasteiger partial charge in [-0.15, -0.1) is 13.2 Å². The van der Waals surface area contributed by atoms with E-state index < -0.39 is 0 Å². The molecule has 0 amide bonds. The monoisotopic (exact) mass is 295 g/mol. The van der Waals surface area contributed by atoms with Crippen LogP contribution in [0.15, 0.2) is 54.0 Å². The summed E-state index contributed by atoms with van der Waals surface area (Å²) in [5.74, 6) is 0.886. The van der Waals surface area contributed by atoms with Crippen LogP contribution in [0.2, 0.25) is 0 Å². The minimum atomic E-state index is 0.665. The molecule has 2 nitrogen and oxygen atoms in total. The zero-order valence-corrected chi connectivity index (χ0v) is 11.5. The lowest BCUT2D eigenvalue weighted by atomic mass is 10.3. The molecule has 1 aromatic carbocycles. The summed E-state index contributed by atoms with van der Waals surface area (Å²) in [6.07, 6.45) is 3.78. The van der Waals surface area contributed by atoms with Gasteiger partial charge in [0.15, 0.2) is 0 Å². The second kappa shape index (κ2) is 8.09. The molecular formula is C14H18BrNO. The SMILES string of the molecule is C=CCN(CC=C)CCOc1cccc(Br)c1. The van der Waals surface area contributed by atoms with E-state index >= 15 is 0 Å². The van der Waals surface area contributed by atoms with Gasteiger partial charge in [0.25, 0.3) is 0 Å². The summed E-state index contributed by atoms with van der Waals surface area (Å²) in [4.78, 5) is 2.22. The van der Waals surface area contributed by atoms with Gasteiger partial charge in [-0.2, -0.15) is 0 Å². The Kier molecular flexibility index (Phi) is 6.67. The summed E-state index contributed by atoms with van der Waals surface area (Å²) in [5, 5.41) is 0. The first-order valence-electron chi connectivity index (χ1n) is 5.58. The van der Waals surface area contributed by atoms with E-state index in [0.29, 0.717) is 6.61 Å². The molecule has 92 valence electrons. The Morgan fingerprint density at radius 2 is 1.94 bits per heavy atom. The van der Waals surface area contributed by atoms with Crippen LogP contribution in [0.3, 0.4) is 0 Å². The van der Waals surface area contributed by atoms with Gasteiger partial charge in [0.2, 0.25) is 0 Å². The summed E-state index contributed by atoms with van der Waals surface area (Å²) in [7, 11) is 0. The van der Waals surface area contributed by atoms with Crippen LogP contribution in [0.4, 0.5) is 0 Å². The van der Waals surface area contributed by atoms with Crippen molar-refractivity contribution in [1.29, 1.82) is 0 Å². The van der Waals surface area contributed by atoms with Crippen molar-refractivity contribution in [3.8, 4) is 5.75 Å². The third-order valence-electron chi connectivity index (χ3n) is 2.25. The van der Waals surface area contributed by atoms with Crippen LogP contribution in [0.1, 0.15) is 0 Å². The van der Waals surface area contributed by atoms with Gasteiger partial charge in [0, 0.05) is 24.1 Å². The quantitative estimate of drug-likeness (QED) is 0.681. The zero-order valence-electron chi connectivity index (χ0n) is 9.94. The maximum absolute atomic E-state index is 5.67. The first-order valence-corrected chi connectivity index (χ1v) is 6.38. The van der Waals surface area contributed by atoms with E-state index in [-0.39, 0.29) is 0 Å². The van der Waals surface area contributed by atoms with Crippen LogP contribution >= 0.6 is 15.9 Å². The summed E-state index contributed by atoms with van der Waals surface area (Å²) < 4.78 is 6.70. The van der Waals surface area contributed by atoms with Gasteiger partial charge < -0.3 is 4.74 Å². The fourth-order valence-corrected chi connectivity index (χ4v) is 1.85. The molecule has 0 spiro atoms. The molecule has 17 heavy (non-hydrogen) atoms. The number of rotatable bonds is 8. The Morgan fingerprint density at radius 1 is 1.24 bits per heavy atom. The highest BCUT2D eigenvalue weighted by atomic mass is 79.9. The Balaban J connectivity index is 2.34. The molecule has 0 bridgehead atoms. The van der Waals surface area contributed by atoms with Gasteiger partial charge in [0.1, 0.15) is 12.4 Å². The summed E-state index contributed by atoms with van der Waals surface area (Å²) in [5.41, 5.74) is 0. The van der Waals surface area contributed by atoms with Crippen LogP contribution in [0.5, 0.6) is 5.75 Å². The first kappa shape index (κ1) is 14.0. The number of nitrogens with zero attached hydrogens (tertiary/aromatic N) is 1. The Bertz CT molecular complexity index is 355. The van der Waals surface area contributed by atoms with E-state index in [1.54, 1.807) is 0 Å². The summed E-state index contributed by atoms with van der Waals surface area (Å²) >= 11 is 3.42. The molecule has 0 saturated heterocycles. The highest BCUT2D eigenvalue weighted by Gasteiger charge is 2.01. The van der Waals surface area contributed by atoms with Gasteiger partial charge in [0.05, 0.1) is 0 Å². The van der Waals surface area contributed by atoms with Crippen molar-refractivity contribution in [1.82, 2.24) is 4.90 Å². The van der Waals surface area contributed by atoms with Crippen molar-refractivity contribution in [2.24, 2.45) is 0 Å². The number of hydrogen-bond donors (Lipinski definition) is 0. The van der Waals surface area contributed by atoms with Crippen LogP contribution in [-0.2, 0) is 0 Å². The Morgan fingerprint density at radius 3 is 2.53 bits per heavy atom. The zero-order chi connectivity index (χ0) is 12.5. The van der Waals surface area contributed by atoms with Gasteiger partial charge in [-0.25, -0.2) is 0 Å². The van der Waals surface area contributed by atoms with Crippen LogP contribution < -0.4 is 4.74 Å². The molecule has 1 rings (SSSR count). The molecule has 0 aliphatic carbocycles. The normalized spacial score (nSPS) is 10.2. The topological polar surface area (TPSA) is 12.5 Å². The van der Waals surface area contributed by atoms with Gasteiger partial charge >= 0.3 is 0 Å². The van der Waals surface area contributed by atoms with Crippen molar-refractivity contribution in [2.75, 3.05) is 26.2 Å². The lowest BCUT2D eigenvalue weighted by Gasteiger charge is -2.18. The Labute approximate surface area is 112 Å². The molecule has 0 aliphatic rings. The van der Waals surface area contributed by atoms with E-state index in [2.05, 4.69) is 34.0 Å². The highest BCUT2D eigenvalue weighted by molar-refractivity contribution is 9.10. The molecule has 0 radical (unpaired) electrons. The fourth-order valence-electron chi connectivity index (χ4n) is 1.47. The largest absolute Gasteiger partial charge is 0.492 e. The predicted octanol–water partition coefficient (Wildman–Crippen LogP) is 3.50. The molecule has 0 N–H and O–H groups in total. The highest BCUT2D eigenvalue weighted by Crippen LogP contribution is 2.17. The average molecular weight is 296 g/mol. The number of halogens is 1. The number of hydrogen-bond acceptors (Lipinski definition) is 2. The van der Waals surface area contributed by atoms with Crippen LogP contribution in [-0.4, -0.2) is 31.1 Å². The minimum absolute atomic E-state index is 0.665. The Hall–Kier alpha value is -1.06. The summed E-state index contributed by atoms with van der Waals surface area (Å²) in [6, 6.07) is 7.86. The second-order valence-electron chi connectivity index (χ2n) is 3.64. The maximum atomic E-state index is 5.67. The minimum Gasteiger partial charge on any atom is -0.492 e. The predicted molar refractivity (Wildman–Crippen MR) is 76.5 cm³/mol. The molecule has 0 saturated carbocycles. The summed E-state index contributed by atoms with van der Waals surface area (Å²) in [6.45, 7) is 10.7. The lowest BCUT2D eigenvalue weighted by molar-refractivity contribution is 0.236. The van der Waals surface area contributed by atoms with Crippen molar-refractivity contribution in [3.05, 3.63) is 54.0 Å². The van der Waals surface area contributed by atoms with Crippen molar-refractivity contribution in [3.63, 3.8) is 0 Å². The van der Waals surface area contributed by atoms with Gasteiger partial charge in [-0.05, 0) is 18.2 Å². The van der Waals surface area contributed by atoms with Crippen LogP contribution in [0, 0.1) is 0 Å². The van der Waals surface area contributed by atoms with Gasteiger partial charge in [-0.3, -0.25) is 4.90 Å². The molecule has 1 aromatic rings. The van der Waals surface area contributed by atoms with E-state index in [9.17, 15) is 0 Å². The number of benzene rings is 1. The molecule has 3 heteroatoms. The third-order valence-corrected chi connectivity index (χ3v) is 2.74. The van der Waals surface area contributed by atoms with E-state index in [4.69, 9.17) is 4.74 Å². The van der Waals surface area contributed by atoms with Crippen molar-refractivity contribution in [2.45, 2.75) is 0 Å². The van der Waals surface area contributed by atoms with E-state index in [0.717, 1.165) is 29.9 Å². The standard InChI is InChI=1S/C14H18BrNO/c1-3-8-16(9-4-2)10-11-17-14-7-5-6-13(15)12-14/h3-7,12H,1-2,8-11H2. The van der Waals surface area contributed by atoms with E-state index in [1.807, 2.05) is 36.4 Å². The number of ether oxygens (including phenoxy) is 1. The maximum Gasteiger partial charge on any atom is 0.120 e. The van der Waals surface area contributed by atoms with Crippen molar-refractivity contribution < 1.29 is 4.74 Å². The fraction of sp³-hybridized carbons (Fsp3) is 0.286. The second-order valence-corrected chi connectivity index (χ2v) is 4.56. The van der Waals surface area contributed by atoms with Crippen LogP contribution in [0.25, 0.3) is 0 Å². The molecule has 0 unspecified atom stereocenters. The lowest BCUT2D eigenvalue weighted by Crippen LogP contribution is -2.28. The molecule has 0 aromatic heterocycles. The third kappa shape index (κ3) is 5.71. The smallest absolute Gasteiger partial charge is 0.120 e. The van der Waals surface area contributed by atoms with E-state index in [1.165, 1.54) is 0 Å².